The molecule has 1 spiro atoms. The number of likely N-dealkylation sites (tertiary alicyclic amines) is 1. The first-order valence-electron chi connectivity index (χ1n) is 9.19. The Morgan fingerprint density at radius 2 is 1.85 bits per heavy atom. The number of hydrogen-bond donors (Lipinski definition) is 1. The molecule has 2 amide bonds. The largest absolute Gasteiger partial charge is 0.444 e. The van der Waals surface area contributed by atoms with Crippen molar-refractivity contribution in [3.8, 4) is 0 Å². The zero-order valence-corrected chi connectivity index (χ0v) is 15.7. The van der Waals surface area contributed by atoms with Crippen molar-refractivity contribution in [3.63, 3.8) is 0 Å². The summed E-state index contributed by atoms with van der Waals surface area (Å²) in [6, 6.07) is 6.55. The summed E-state index contributed by atoms with van der Waals surface area (Å²) >= 11 is 0. The molecule has 2 aliphatic rings. The van der Waals surface area contributed by atoms with E-state index in [1.807, 2.05) is 20.8 Å². The van der Waals surface area contributed by atoms with Crippen molar-refractivity contribution in [2.24, 2.45) is 5.41 Å². The summed E-state index contributed by atoms with van der Waals surface area (Å²) in [5, 5.41) is 2.94. The third-order valence-electron chi connectivity index (χ3n) is 5.44. The highest BCUT2D eigenvalue weighted by Crippen LogP contribution is 2.48. The number of carbonyl (C=O) groups is 2. The number of hydrogen-bond acceptors (Lipinski definition) is 3. The predicted molar refractivity (Wildman–Crippen MR) is 96.2 cm³/mol. The summed E-state index contributed by atoms with van der Waals surface area (Å²) in [5.41, 5.74) is 0.323. The van der Waals surface area contributed by atoms with Crippen LogP contribution in [0.3, 0.4) is 0 Å². The van der Waals surface area contributed by atoms with Crippen LogP contribution in [0.4, 0.5) is 9.18 Å². The molecule has 26 heavy (non-hydrogen) atoms. The van der Waals surface area contributed by atoms with Crippen LogP contribution in [0.25, 0.3) is 0 Å². The number of rotatable bonds is 1. The Bertz CT molecular complexity index is 673. The van der Waals surface area contributed by atoms with Crippen LogP contribution >= 0.6 is 0 Å². The van der Waals surface area contributed by atoms with E-state index in [9.17, 15) is 14.0 Å². The highest BCUT2D eigenvalue weighted by Gasteiger charge is 2.47. The highest BCUT2D eigenvalue weighted by molar-refractivity contribution is 5.78. The van der Waals surface area contributed by atoms with Crippen LogP contribution in [0.2, 0.25) is 0 Å². The van der Waals surface area contributed by atoms with Gasteiger partial charge in [0.25, 0.3) is 0 Å². The van der Waals surface area contributed by atoms with Gasteiger partial charge in [-0.2, -0.15) is 0 Å². The summed E-state index contributed by atoms with van der Waals surface area (Å²) in [7, 11) is 0. The lowest BCUT2D eigenvalue weighted by Gasteiger charge is -2.49. The number of amides is 2. The molecule has 1 aromatic rings. The Morgan fingerprint density at radius 3 is 2.42 bits per heavy atom. The molecule has 0 aromatic heterocycles. The lowest BCUT2D eigenvalue weighted by molar-refractivity contribution is -0.128. The zero-order chi connectivity index (χ0) is 18.9. The Labute approximate surface area is 153 Å². The van der Waals surface area contributed by atoms with Gasteiger partial charge in [-0.1, -0.05) is 12.1 Å². The third-order valence-corrected chi connectivity index (χ3v) is 5.44. The number of ether oxygens (including phenoxy) is 1. The standard InChI is InChI=1S/C20H27FN2O3/c1-19(2,3)26-18(25)23-10-8-20(9-11-23)12-17(24)22-13-16(20)14-4-6-15(21)7-5-14/h4-7,16H,8-13H2,1-3H3,(H,22,24)/t16-/m1/s1. The molecular weight excluding hydrogens is 335 g/mol. The first-order valence-corrected chi connectivity index (χ1v) is 9.19. The van der Waals surface area contributed by atoms with Gasteiger partial charge in [-0.3, -0.25) is 4.79 Å². The van der Waals surface area contributed by atoms with Gasteiger partial charge >= 0.3 is 6.09 Å². The van der Waals surface area contributed by atoms with Crippen molar-refractivity contribution in [1.29, 1.82) is 0 Å². The van der Waals surface area contributed by atoms with Gasteiger partial charge in [0.05, 0.1) is 0 Å². The second-order valence-electron chi connectivity index (χ2n) is 8.41. The minimum Gasteiger partial charge on any atom is -0.444 e. The van der Waals surface area contributed by atoms with Crippen LogP contribution in [-0.4, -0.2) is 42.1 Å². The maximum Gasteiger partial charge on any atom is 0.410 e. The Morgan fingerprint density at radius 1 is 1.23 bits per heavy atom. The summed E-state index contributed by atoms with van der Waals surface area (Å²) in [5.74, 6) is -0.0851. The van der Waals surface area contributed by atoms with Crippen LogP contribution in [0, 0.1) is 11.2 Å². The van der Waals surface area contributed by atoms with E-state index in [-0.39, 0.29) is 29.2 Å². The molecular formula is C20H27FN2O3. The predicted octanol–water partition coefficient (Wildman–Crippen LogP) is 3.45. The van der Waals surface area contributed by atoms with Crippen molar-refractivity contribution in [3.05, 3.63) is 35.6 Å². The number of nitrogens with one attached hydrogen (secondary N) is 1. The van der Waals surface area contributed by atoms with Gasteiger partial charge in [-0.25, -0.2) is 9.18 Å². The van der Waals surface area contributed by atoms with Gasteiger partial charge < -0.3 is 15.0 Å². The second-order valence-corrected chi connectivity index (χ2v) is 8.41. The van der Waals surface area contributed by atoms with E-state index >= 15 is 0 Å². The number of piperidine rings is 2. The van der Waals surface area contributed by atoms with E-state index < -0.39 is 5.60 Å². The van der Waals surface area contributed by atoms with Gasteiger partial charge in [0.15, 0.2) is 0 Å². The fourth-order valence-corrected chi connectivity index (χ4v) is 4.09. The maximum atomic E-state index is 13.3. The first kappa shape index (κ1) is 18.7. The molecule has 0 saturated carbocycles. The van der Waals surface area contributed by atoms with E-state index in [0.29, 0.717) is 26.1 Å². The van der Waals surface area contributed by atoms with Gasteiger partial charge in [0.2, 0.25) is 5.91 Å². The lowest BCUT2D eigenvalue weighted by Crippen LogP contribution is -2.53. The Balaban J connectivity index is 1.75. The fraction of sp³-hybridized carbons (Fsp3) is 0.600. The van der Waals surface area contributed by atoms with Crippen molar-refractivity contribution in [2.45, 2.75) is 51.6 Å². The number of nitrogens with zero attached hydrogens (tertiary/aromatic N) is 1. The van der Waals surface area contributed by atoms with Crippen LogP contribution in [0.5, 0.6) is 0 Å². The molecule has 0 unspecified atom stereocenters. The second kappa shape index (κ2) is 6.89. The zero-order valence-electron chi connectivity index (χ0n) is 15.7. The van der Waals surface area contributed by atoms with Crippen LogP contribution in [0.1, 0.15) is 51.5 Å². The molecule has 3 rings (SSSR count). The van der Waals surface area contributed by atoms with Crippen molar-refractivity contribution in [2.75, 3.05) is 19.6 Å². The summed E-state index contributed by atoms with van der Waals surface area (Å²) in [6.07, 6.45) is 1.62. The molecule has 0 radical (unpaired) electrons. The van der Waals surface area contributed by atoms with E-state index in [4.69, 9.17) is 4.74 Å². The first-order chi connectivity index (χ1) is 12.2. The van der Waals surface area contributed by atoms with E-state index in [2.05, 4.69) is 5.32 Å². The summed E-state index contributed by atoms with van der Waals surface area (Å²) in [6.45, 7) is 7.25. The lowest BCUT2D eigenvalue weighted by atomic mass is 9.62. The average molecular weight is 362 g/mol. The van der Waals surface area contributed by atoms with Crippen molar-refractivity contribution >= 4 is 12.0 Å². The van der Waals surface area contributed by atoms with Crippen molar-refractivity contribution < 1.29 is 18.7 Å². The smallest absolute Gasteiger partial charge is 0.410 e. The number of carbonyl (C=O) groups excluding carboxylic acids is 2. The Kier molecular flexibility index (Phi) is 4.95. The van der Waals surface area contributed by atoms with E-state index in [0.717, 1.165) is 18.4 Å². The number of halogens is 1. The Hall–Kier alpha value is -2.11. The van der Waals surface area contributed by atoms with Gasteiger partial charge in [-0.15, -0.1) is 0 Å². The average Bonchev–Trinajstić information content (AvgIpc) is 2.55. The topological polar surface area (TPSA) is 58.6 Å². The molecule has 1 aromatic carbocycles. The van der Waals surface area contributed by atoms with E-state index in [1.54, 1.807) is 17.0 Å². The molecule has 2 aliphatic heterocycles. The van der Waals surface area contributed by atoms with Gasteiger partial charge in [-0.05, 0) is 56.7 Å². The summed E-state index contributed by atoms with van der Waals surface area (Å²) in [4.78, 5) is 26.1. The quantitative estimate of drug-likeness (QED) is 0.832. The van der Waals surface area contributed by atoms with Gasteiger partial charge in [0.1, 0.15) is 11.4 Å². The summed E-state index contributed by atoms with van der Waals surface area (Å²) < 4.78 is 18.8. The third kappa shape index (κ3) is 4.00. The molecule has 0 aliphatic carbocycles. The van der Waals surface area contributed by atoms with E-state index in [1.165, 1.54) is 12.1 Å². The molecule has 0 bridgehead atoms. The highest BCUT2D eigenvalue weighted by atomic mass is 19.1. The molecule has 6 heteroatoms. The molecule has 1 atom stereocenters. The van der Waals surface area contributed by atoms with Crippen LogP contribution in [0.15, 0.2) is 24.3 Å². The molecule has 2 saturated heterocycles. The SMILES string of the molecule is CC(C)(C)OC(=O)N1CCC2(CC1)CC(=O)NC[C@@H]2c1ccc(F)cc1. The minimum atomic E-state index is -0.520. The maximum absolute atomic E-state index is 13.3. The molecule has 2 fully saturated rings. The monoisotopic (exact) mass is 362 g/mol. The molecule has 142 valence electrons. The normalized spacial score (nSPS) is 22.8. The number of benzene rings is 1. The minimum absolute atomic E-state index is 0.0501. The molecule has 5 nitrogen and oxygen atoms in total. The molecule has 1 N–H and O–H groups in total. The van der Waals surface area contributed by atoms with Crippen molar-refractivity contribution in [1.82, 2.24) is 10.2 Å². The van der Waals surface area contributed by atoms with Crippen LogP contribution in [-0.2, 0) is 9.53 Å². The fourth-order valence-electron chi connectivity index (χ4n) is 4.09. The van der Waals surface area contributed by atoms with Gasteiger partial charge in [0, 0.05) is 32.0 Å². The van der Waals surface area contributed by atoms with Crippen LogP contribution < -0.4 is 5.32 Å². The molecule has 2 heterocycles.